The van der Waals surface area contributed by atoms with E-state index in [4.69, 9.17) is 9.72 Å². The van der Waals surface area contributed by atoms with Crippen LogP contribution in [0.5, 0.6) is 0 Å². The van der Waals surface area contributed by atoms with Gasteiger partial charge in [-0.15, -0.1) is 11.3 Å². The van der Waals surface area contributed by atoms with Gasteiger partial charge < -0.3 is 9.64 Å². The fraction of sp³-hybridized carbons (Fsp3) is 0.286. The topological polar surface area (TPSA) is 85.6 Å². The number of nitro groups is 1. The Morgan fingerprint density at radius 1 is 1.16 bits per heavy atom. The van der Waals surface area contributed by atoms with Crippen LogP contribution < -0.4 is 4.90 Å². The van der Waals surface area contributed by atoms with Gasteiger partial charge in [-0.25, -0.2) is 4.98 Å². The third-order valence-electron chi connectivity index (χ3n) is 7.11. The van der Waals surface area contributed by atoms with Crippen LogP contribution >= 0.6 is 27.3 Å². The summed E-state index contributed by atoms with van der Waals surface area (Å²) in [5, 5.41) is 12.1. The molecule has 0 atom stereocenters. The van der Waals surface area contributed by atoms with Crippen molar-refractivity contribution in [3.8, 4) is 0 Å². The van der Waals surface area contributed by atoms with Crippen LogP contribution in [0.4, 0.5) is 11.4 Å². The SMILES string of the molecule is COC(=O)C1CCC(C(=C\c2nc3cc(Br)ccc3s2)/C=C2\C=Cc3cc([N+](=O)[O-])ccc3N2C)CC1. The van der Waals surface area contributed by atoms with Crippen LogP contribution in [0.15, 0.2) is 64.3 Å². The fourth-order valence-electron chi connectivity index (χ4n) is 5.07. The Hall–Kier alpha value is -3.30. The van der Waals surface area contributed by atoms with Gasteiger partial charge in [-0.2, -0.15) is 0 Å². The number of rotatable bonds is 5. The van der Waals surface area contributed by atoms with Gasteiger partial charge in [0.25, 0.3) is 5.69 Å². The second kappa shape index (κ2) is 10.6. The number of carbonyl (C=O) groups excluding carboxylic acids is 1. The summed E-state index contributed by atoms with van der Waals surface area (Å²) >= 11 is 5.18. The number of allylic oxidation sites excluding steroid dienone is 3. The number of nitro benzene ring substituents is 1. The van der Waals surface area contributed by atoms with E-state index >= 15 is 0 Å². The number of aromatic nitrogens is 1. The van der Waals surface area contributed by atoms with E-state index in [1.807, 2.05) is 31.3 Å². The van der Waals surface area contributed by atoms with Gasteiger partial charge in [-0.05, 0) is 79.7 Å². The molecule has 5 rings (SSSR count). The molecule has 0 radical (unpaired) electrons. The molecule has 190 valence electrons. The number of thiazole rings is 1. The Morgan fingerprint density at radius 2 is 1.92 bits per heavy atom. The highest BCUT2D eigenvalue weighted by molar-refractivity contribution is 9.10. The molecular weight excluding hydrogens is 554 g/mol. The molecule has 0 spiro atoms. The number of hydrogen-bond acceptors (Lipinski definition) is 7. The number of anilines is 1. The summed E-state index contributed by atoms with van der Waals surface area (Å²) in [5.41, 5.74) is 4.92. The van der Waals surface area contributed by atoms with Crippen molar-refractivity contribution in [2.75, 3.05) is 19.1 Å². The summed E-state index contributed by atoms with van der Waals surface area (Å²) in [6.45, 7) is 0. The highest BCUT2D eigenvalue weighted by atomic mass is 79.9. The lowest BCUT2D eigenvalue weighted by atomic mass is 9.78. The predicted octanol–water partition coefficient (Wildman–Crippen LogP) is 7.38. The van der Waals surface area contributed by atoms with Crippen molar-refractivity contribution in [3.63, 3.8) is 0 Å². The van der Waals surface area contributed by atoms with Gasteiger partial charge in [0.2, 0.25) is 0 Å². The van der Waals surface area contributed by atoms with E-state index < -0.39 is 0 Å². The molecular formula is C28H26BrN3O4S. The Balaban J connectivity index is 1.50. The van der Waals surface area contributed by atoms with Crippen LogP contribution in [0.2, 0.25) is 0 Å². The zero-order valence-electron chi connectivity index (χ0n) is 20.5. The number of ether oxygens (including phenoxy) is 1. The molecule has 1 saturated carbocycles. The highest BCUT2D eigenvalue weighted by Gasteiger charge is 2.29. The van der Waals surface area contributed by atoms with E-state index in [0.29, 0.717) is 0 Å². The van der Waals surface area contributed by atoms with Crippen LogP contribution in [-0.2, 0) is 9.53 Å². The minimum absolute atomic E-state index is 0.0464. The van der Waals surface area contributed by atoms with Gasteiger partial charge >= 0.3 is 5.97 Å². The van der Waals surface area contributed by atoms with Crippen LogP contribution in [0.1, 0.15) is 36.3 Å². The third kappa shape index (κ3) is 5.38. The standard InChI is InChI=1S/C28H26BrN3O4S/c1-31-22(9-7-19-13-23(32(34)35)10-11-25(19)31)14-20(17-3-5-18(6-4-17)28(33)36-2)15-27-30-24-16-21(29)8-12-26(24)37-27/h7-18H,3-6H2,1-2H3/b20-15-,22-14+. The number of halogens is 1. The van der Waals surface area contributed by atoms with Crippen molar-refractivity contribution in [2.24, 2.45) is 11.8 Å². The average Bonchev–Trinajstić information content (AvgIpc) is 3.30. The van der Waals surface area contributed by atoms with Crippen molar-refractivity contribution in [1.29, 1.82) is 0 Å². The molecule has 37 heavy (non-hydrogen) atoms. The average molecular weight is 581 g/mol. The summed E-state index contributed by atoms with van der Waals surface area (Å²) in [4.78, 5) is 29.8. The lowest BCUT2D eigenvalue weighted by molar-refractivity contribution is -0.384. The smallest absolute Gasteiger partial charge is 0.308 e. The second-order valence-electron chi connectivity index (χ2n) is 9.34. The fourth-order valence-corrected chi connectivity index (χ4v) is 6.32. The molecule has 1 aliphatic carbocycles. The number of carbonyl (C=O) groups is 1. The summed E-state index contributed by atoms with van der Waals surface area (Å²) in [6.07, 6.45) is 11.6. The second-order valence-corrected chi connectivity index (χ2v) is 11.3. The van der Waals surface area contributed by atoms with Crippen molar-refractivity contribution in [1.82, 2.24) is 4.98 Å². The number of methoxy groups -OCH3 is 1. The summed E-state index contributed by atoms with van der Waals surface area (Å²) in [6, 6.07) is 11.0. The molecule has 2 aromatic carbocycles. The van der Waals surface area contributed by atoms with E-state index in [0.717, 1.165) is 62.3 Å². The first kappa shape index (κ1) is 25.4. The maximum Gasteiger partial charge on any atom is 0.308 e. The molecule has 0 saturated heterocycles. The monoisotopic (exact) mass is 579 g/mol. The van der Waals surface area contributed by atoms with E-state index in [1.165, 1.54) is 18.7 Å². The van der Waals surface area contributed by atoms with Crippen molar-refractivity contribution < 1.29 is 14.5 Å². The Bertz CT molecular complexity index is 1470. The maximum absolute atomic E-state index is 12.1. The van der Waals surface area contributed by atoms with Gasteiger partial charge in [0.05, 0.1) is 28.2 Å². The van der Waals surface area contributed by atoms with Gasteiger partial charge in [0.15, 0.2) is 0 Å². The third-order valence-corrected chi connectivity index (χ3v) is 8.58. The minimum Gasteiger partial charge on any atom is -0.469 e. The normalized spacial score (nSPS) is 20.8. The summed E-state index contributed by atoms with van der Waals surface area (Å²) in [5.74, 6) is 0.113. The Morgan fingerprint density at radius 3 is 2.65 bits per heavy atom. The summed E-state index contributed by atoms with van der Waals surface area (Å²) < 4.78 is 7.10. The Kier molecular flexibility index (Phi) is 7.26. The van der Waals surface area contributed by atoms with Crippen LogP contribution in [0.3, 0.4) is 0 Å². The molecule has 0 N–H and O–H groups in total. The van der Waals surface area contributed by atoms with Gasteiger partial charge in [0.1, 0.15) is 5.01 Å². The molecule has 9 heteroatoms. The quantitative estimate of drug-likeness (QED) is 0.178. The van der Waals surface area contributed by atoms with E-state index in [1.54, 1.807) is 23.5 Å². The first-order valence-electron chi connectivity index (χ1n) is 12.1. The molecule has 2 heterocycles. The number of esters is 1. The molecule has 7 nitrogen and oxygen atoms in total. The van der Waals surface area contributed by atoms with Gasteiger partial charge in [-0.3, -0.25) is 14.9 Å². The zero-order valence-corrected chi connectivity index (χ0v) is 22.9. The highest BCUT2D eigenvalue weighted by Crippen LogP contribution is 2.39. The number of fused-ring (bicyclic) bond motifs is 2. The minimum atomic E-state index is -0.373. The van der Waals surface area contributed by atoms with Crippen LogP contribution in [0.25, 0.3) is 22.4 Å². The van der Waals surface area contributed by atoms with E-state index in [2.05, 4.69) is 39.0 Å². The summed E-state index contributed by atoms with van der Waals surface area (Å²) in [7, 11) is 3.42. The molecule has 3 aromatic rings. The van der Waals surface area contributed by atoms with Crippen molar-refractivity contribution >= 4 is 67.0 Å². The first-order valence-corrected chi connectivity index (χ1v) is 13.7. The van der Waals surface area contributed by atoms with E-state index in [-0.39, 0.29) is 28.4 Å². The predicted molar refractivity (Wildman–Crippen MR) is 151 cm³/mol. The number of benzene rings is 2. The molecule has 0 amide bonds. The number of non-ortho nitro benzene ring substituents is 1. The largest absolute Gasteiger partial charge is 0.469 e. The van der Waals surface area contributed by atoms with Gasteiger partial charge in [-0.1, -0.05) is 22.0 Å². The van der Waals surface area contributed by atoms with Gasteiger partial charge in [0, 0.05) is 40.6 Å². The number of hydrogen-bond donors (Lipinski definition) is 0. The molecule has 1 aliphatic heterocycles. The Labute approximate surface area is 227 Å². The van der Waals surface area contributed by atoms with Crippen molar-refractivity contribution in [2.45, 2.75) is 25.7 Å². The zero-order chi connectivity index (χ0) is 26.1. The number of nitrogens with zero attached hydrogens (tertiary/aromatic N) is 3. The first-order chi connectivity index (χ1) is 17.8. The van der Waals surface area contributed by atoms with Crippen molar-refractivity contribution in [3.05, 3.63) is 85.0 Å². The lowest BCUT2D eigenvalue weighted by Gasteiger charge is -2.30. The maximum atomic E-state index is 12.1. The van der Waals surface area contributed by atoms with Crippen LogP contribution in [-0.4, -0.2) is 30.0 Å². The molecule has 1 aromatic heterocycles. The van der Waals surface area contributed by atoms with Crippen LogP contribution in [0, 0.1) is 22.0 Å². The lowest BCUT2D eigenvalue weighted by Crippen LogP contribution is -2.24. The molecule has 1 fully saturated rings. The van der Waals surface area contributed by atoms with E-state index in [9.17, 15) is 14.9 Å². The molecule has 0 bridgehead atoms. The molecule has 2 aliphatic rings. The molecule has 0 unspecified atom stereocenters. The number of likely N-dealkylation sites (N-methyl/N-ethyl adjacent to an activating group) is 1.